The highest BCUT2D eigenvalue weighted by molar-refractivity contribution is 7.80. The summed E-state index contributed by atoms with van der Waals surface area (Å²) in [5.74, 6) is 0. The molecule has 0 saturated heterocycles. The number of hydrogen-bond acceptors (Lipinski definition) is 2. The van der Waals surface area contributed by atoms with Gasteiger partial charge < -0.3 is 10.6 Å². The average Bonchev–Trinajstić information content (AvgIpc) is 2.70. The molecular formula is C14H18N4S. The number of rotatable bonds is 3. The molecule has 19 heavy (non-hydrogen) atoms. The molecule has 0 unspecified atom stereocenters. The minimum absolute atomic E-state index is 0.573. The van der Waals surface area contributed by atoms with Gasteiger partial charge in [0.15, 0.2) is 5.11 Å². The molecule has 0 fully saturated rings. The lowest BCUT2D eigenvalue weighted by atomic mass is 10.2. The molecule has 2 aromatic rings. The number of hydrogen-bond donors (Lipinski definition) is 2. The zero-order valence-corrected chi connectivity index (χ0v) is 12.2. The Morgan fingerprint density at radius 2 is 2.11 bits per heavy atom. The summed E-state index contributed by atoms with van der Waals surface area (Å²) >= 11 is 5.31. The maximum atomic E-state index is 5.31. The molecule has 0 aliphatic heterocycles. The number of thiocarbonyl (C=S) groups is 1. The highest BCUT2D eigenvalue weighted by Gasteiger charge is 2.06. The van der Waals surface area contributed by atoms with Crippen LogP contribution in [0.3, 0.4) is 0 Å². The number of aryl methyl sites for hydroxylation is 2. The van der Waals surface area contributed by atoms with E-state index in [1.165, 1.54) is 5.56 Å². The second-order valence-corrected chi connectivity index (χ2v) is 4.82. The van der Waals surface area contributed by atoms with Crippen LogP contribution < -0.4 is 10.6 Å². The van der Waals surface area contributed by atoms with Gasteiger partial charge >= 0.3 is 0 Å². The van der Waals surface area contributed by atoms with Crippen molar-refractivity contribution in [3.63, 3.8) is 0 Å². The van der Waals surface area contributed by atoms with E-state index in [0.717, 1.165) is 23.6 Å². The topological polar surface area (TPSA) is 41.9 Å². The van der Waals surface area contributed by atoms with E-state index in [1.54, 1.807) is 6.20 Å². The fourth-order valence-corrected chi connectivity index (χ4v) is 2.12. The van der Waals surface area contributed by atoms with Crippen molar-refractivity contribution in [1.29, 1.82) is 0 Å². The lowest BCUT2D eigenvalue weighted by Gasteiger charge is -2.10. The van der Waals surface area contributed by atoms with E-state index in [1.807, 2.05) is 23.7 Å². The van der Waals surface area contributed by atoms with Gasteiger partial charge in [-0.25, -0.2) is 0 Å². The Labute approximate surface area is 118 Å². The predicted molar refractivity (Wildman–Crippen MR) is 83.7 cm³/mol. The van der Waals surface area contributed by atoms with Crippen LogP contribution in [-0.4, -0.2) is 14.9 Å². The van der Waals surface area contributed by atoms with E-state index in [9.17, 15) is 0 Å². The largest absolute Gasteiger partial charge is 0.332 e. The number of nitrogens with one attached hydrogen (secondary N) is 2. The Morgan fingerprint density at radius 3 is 2.74 bits per heavy atom. The third-order valence-electron chi connectivity index (χ3n) is 2.93. The second kappa shape index (κ2) is 5.84. The molecule has 1 aromatic heterocycles. The SMILES string of the molecule is CCn1ncc(NC(=S)Nc2cccc(C)c2)c1C. The number of benzene rings is 1. The van der Waals surface area contributed by atoms with Crippen molar-refractivity contribution in [3.8, 4) is 0 Å². The van der Waals surface area contributed by atoms with Crippen LogP contribution in [0.25, 0.3) is 0 Å². The van der Waals surface area contributed by atoms with Crippen LogP contribution in [0.5, 0.6) is 0 Å². The van der Waals surface area contributed by atoms with E-state index in [2.05, 4.69) is 41.7 Å². The molecule has 0 saturated carbocycles. The summed E-state index contributed by atoms with van der Waals surface area (Å²) in [6.45, 7) is 6.99. The number of anilines is 2. The van der Waals surface area contributed by atoms with Crippen LogP contribution in [-0.2, 0) is 6.54 Å². The van der Waals surface area contributed by atoms with Crippen molar-refractivity contribution >= 4 is 28.7 Å². The molecule has 0 amide bonds. The molecule has 0 spiro atoms. The highest BCUT2D eigenvalue weighted by atomic mass is 32.1. The van der Waals surface area contributed by atoms with Gasteiger partial charge in [-0.15, -0.1) is 0 Å². The summed E-state index contributed by atoms with van der Waals surface area (Å²) in [6, 6.07) is 8.09. The van der Waals surface area contributed by atoms with Gasteiger partial charge in [0.05, 0.1) is 17.6 Å². The smallest absolute Gasteiger partial charge is 0.175 e. The van der Waals surface area contributed by atoms with Crippen LogP contribution in [0.15, 0.2) is 30.5 Å². The van der Waals surface area contributed by atoms with Crippen molar-refractivity contribution in [2.45, 2.75) is 27.3 Å². The average molecular weight is 274 g/mol. The molecule has 0 atom stereocenters. The summed E-state index contributed by atoms with van der Waals surface area (Å²) in [5.41, 5.74) is 4.20. The molecule has 2 N–H and O–H groups in total. The lowest BCUT2D eigenvalue weighted by Crippen LogP contribution is -2.19. The summed E-state index contributed by atoms with van der Waals surface area (Å²) in [4.78, 5) is 0. The van der Waals surface area contributed by atoms with Crippen LogP contribution >= 0.6 is 12.2 Å². The Bertz CT molecular complexity index is 589. The molecule has 0 aliphatic rings. The Balaban J connectivity index is 2.03. The van der Waals surface area contributed by atoms with E-state index in [0.29, 0.717) is 5.11 Å². The molecule has 2 rings (SSSR count). The fourth-order valence-electron chi connectivity index (χ4n) is 1.90. The van der Waals surface area contributed by atoms with Gasteiger partial charge in [0.1, 0.15) is 0 Å². The first-order chi connectivity index (χ1) is 9.10. The lowest BCUT2D eigenvalue weighted by molar-refractivity contribution is 0.640. The molecule has 1 heterocycles. The molecule has 0 aliphatic carbocycles. The quantitative estimate of drug-likeness (QED) is 0.843. The van der Waals surface area contributed by atoms with Gasteiger partial charge in [0.2, 0.25) is 0 Å². The minimum Gasteiger partial charge on any atom is -0.332 e. The molecule has 5 heteroatoms. The normalized spacial score (nSPS) is 10.3. The van der Waals surface area contributed by atoms with Crippen molar-refractivity contribution in [2.24, 2.45) is 0 Å². The van der Waals surface area contributed by atoms with Gasteiger partial charge in [-0.05, 0) is 50.7 Å². The van der Waals surface area contributed by atoms with Crippen LogP contribution in [0.4, 0.5) is 11.4 Å². The highest BCUT2D eigenvalue weighted by Crippen LogP contribution is 2.15. The molecule has 0 bridgehead atoms. The maximum Gasteiger partial charge on any atom is 0.175 e. The maximum absolute atomic E-state index is 5.31. The summed E-state index contributed by atoms with van der Waals surface area (Å²) < 4.78 is 1.93. The minimum atomic E-state index is 0.573. The third-order valence-corrected chi connectivity index (χ3v) is 3.13. The van der Waals surface area contributed by atoms with Crippen molar-refractivity contribution in [1.82, 2.24) is 9.78 Å². The van der Waals surface area contributed by atoms with Crippen LogP contribution in [0, 0.1) is 13.8 Å². The van der Waals surface area contributed by atoms with Gasteiger partial charge in [-0.3, -0.25) is 4.68 Å². The van der Waals surface area contributed by atoms with Crippen LogP contribution in [0.2, 0.25) is 0 Å². The summed E-state index contributed by atoms with van der Waals surface area (Å²) in [7, 11) is 0. The van der Waals surface area contributed by atoms with Gasteiger partial charge in [-0.1, -0.05) is 12.1 Å². The van der Waals surface area contributed by atoms with Crippen LogP contribution in [0.1, 0.15) is 18.2 Å². The van der Waals surface area contributed by atoms with E-state index in [-0.39, 0.29) is 0 Å². The molecule has 0 radical (unpaired) electrons. The second-order valence-electron chi connectivity index (χ2n) is 4.41. The Hall–Kier alpha value is -1.88. The van der Waals surface area contributed by atoms with Gasteiger partial charge in [0, 0.05) is 12.2 Å². The zero-order chi connectivity index (χ0) is 13.8. The first kappa shape index (κ1) is 13.5. The van der Waals surface area contributed by atoms with Gasteiger partial charge in [-0.2, -0.15) is 5.10 Å². The van der Waals surface area contributed by atoms with E-state index < -0.39 is 0 Å². The molecule has 4 nitrogen and oxygen atoms in total. The van der Waals surface area contributed by atoms with E-state index in [4.69, 9.17) is 12.2 Å². The first-order valence-corrected chi connectivity index (χ1v) is 6.68. The number of aromatic nitrogens is 2. The molecule has 1 aromatic carbocycles. The summed E-state index contributed by atoms with van der Waals surface area (Å²) in [6.07, 6.45) is 1.79. The number of nitrogens with zero attached hydrogens (tertiary/aromatic N) is 2. The van der Waals surface area contributed by atoms with Gasteiger partial charge in [0.25, 0.3) is 0 Å². The fraction of sp³-hybridized carbons (Fsp3) is 0.286. The van der Waals surface area contributed by atoms with Crippen molar-refractivity contribution in [2.75, 3.05) is 10.6 Å². The standard InChI is InChI=1S/C14H18N4S/c1-4-18-11(3)13(9-15-18)17-14(19)16-12-7-5-6-10(2)8-12/h5-9H,4H2,1-3H3,(H2,16,17,19). The predicted octanol–water partition coefficient (Wildman–Crippen LogP) is 3.33. The van der Waals surface area contributed by atoms with Crippen molar-refractivity contribution in [3.05, 3.63) is 41.7 Å². The molecule has 100 valence electrons. The third kappa shape index (κ3) is 3.32. The summed E-state index contributed by atoms with van der Waals surface area (Å²) in [5, 5.41) is 11.2. The van der Waals surface area contributed by atoms with E-state index >= 15 is 0 Å². The zero-order valence-electron chi connectivity index (χ0n) is 11.4. The van der Waals surface area contributed by atoms with Crippen molar-refractivity contribution < 1.29 is 0 Å². The first-order valence-electron chi connectivity index (χ1n) is 6.27. The Kier molecular flexibility index (Phi) is 4.16. The Morgan fingerprint density at radius 1 is 1.32 bits per heavy atom. The monoisotopic (exact) mass is 274 g/mol. The molecular weight excluding hydrogens is 256 g/mol.